The molecule has 1 fully saturated rings. The van der Waals surface area contributed by atoms with Crippen molar-refractivity contribution in [1.82, 2.24) is 9.88 Å². The number of rotatable bonds is 4. The predicted octanol–water partition coefficient (Wildman–Crippen LogP) is 1.40. The van der Waals surface area contributed by atoms with E-state index in [9.17, 15) is 5.11 Å². The summed E-state index contributed by atoms with van der Waals surface area (Å²) in [5, 5.41) is 10.3. The highest BCUT2D eigenvalue weighted by molar-refractivity contribution is 5.28. The van der Waals surface area contributed by atoms with Crippen LogP contribution in [0.4, 0.5) is 5.82 Å². The molecule has 4 nitrogen and oxygen atoms in total. The number of nitrogen functional groups attached to an aromatic ring is 1. The summed E-state index contributed by atoms with van der Waals surface area (Å²) in [6.45, 7) is 1.44. The second kappa shape index (κ2) is 5.02. The van der Waals surface area contributed by atoms with E-state index in [1.807, 2.05) is 19.2 Å². The van der Waals surface area contributed by atoms with Crippen LogP contribution in [0.3, 0.4) is 0 Å². The van der Waals surface area contributed by atoms with E-state index in [4.69, 9.17) is 5.73 Å². The SMILES string of the molecule is CN(Cc1cccc(N)n1)CC1(O)CCCC1. The van der Waals surface area contributed by atoms with Crippen LogP contribution in [-0.4, -0.2) is 34.2 Å². The van der Waals surface area contributed by atoms with Crippen LogP contribution >= 0.6 is 0 Å². The first-order valence-electron chi connectivity index (χ1n) is 6.20. The molecule has 0 bridgehead atoms. The highest BCUT2D eigenvalue weighted by Gasteiger charge is 2.32. The number of aliphatic hydroxyl groups is 1. The van der Waals surface area contributed by atoms with Crippen molar-refractivity contribution in [2.75, 3.05) is 19.3 Å². The molecule has 1 heterocycles. The highest BCUT2D eigenvalue weighted by atomic mass is 16.3. The Kier molecular flexibility index (Phi) is 3.64. The van der Waals surface area contributed by atoms with Crippen molar-refractivity contribution in [2.45, 2.75) is 37.8 Å². The van der Waals surface area contributed by atoms with Crippen molar-refractivity contribution < 1.29 is 5.11 Å². The first kappa shape index (κ1) is 12.3. The Morgan fingerprint density at radius 3 is 2.76 bits per heavy atom. The molecule has 0 amide bonds. The van der Waals surface area contributed by atoms with E-state index in [2.05, 4.69) is 9.88 Å². The van der Waals surface area contributed by atoms with E-state index < -0.39 is 5.60 Å². The minimum Gasteiger partial charge on any atom is -0.389 e. The second-order valence-corrected chi connectivity index (χ2v) is 5.16. The summed E-state index contributed by atoms with van der Waals surface area (Å²) in [7, 11) is 2.02. The van der Waals surface area contributed by atoms with Gasteiger partial charge in [0.1, 0.15) is 5.82 Å². The maximum atomic E-state index is 10.3. The van der Waals surface area contributed by atoms with Crippen LogP contribution in [0.2, 0.25) is 0 Å². The van der Waals surface area contributed by atoms with Gasteiger partial charge in [-0.25, -0.2) is 4.98 Å². The molecule has 4 heteroatoms. The minimum absolute atomic E-state index is 0.491. The number of aromatic nitrogens is 1. The molecular formula is C13H21N3O. The molecule has 17 heavy (non-hydrogen) atoms. The summed E-state index contributed by atoms with van der Waals surface area (Å²) < 4.78 is 0. The number of likely N-dealkylation sites (N-methyl/N-ethyl adjacent to an activating group) is 1. The van der Waals surface area contributed by atoms with Gasteiger partial charge in [-0.05, 0) is 32.0 Å². The molecule has 1 aliphatic carbocycles. The Hall–Kier alpha value is -1.13. The zero-order chi connectivity index (χ0) is 12.3. The van der Waals surface area contributed by atoms with Crippen molar-refractivity contribution >= 4 is 5.82 Å². The third-order valence-electron chi connectivity index (χ3n) is 3.36. The van der Waals surface area contributed by atoms with E-state index >= 15 is 0 Å². The van der Waals surface area contributed by atoms with Gasteiger partial charge < -0.3 is 10.8 Å². The fourth-order valence-corrected chi connectivity index (χ4v) is 2.61. The summed E-state index contributed by atoms with van der Waals surface area (Å²) in [4.78, 5) is 6.38. The zero-order valence-corrected chi connectivity index (χ0v) is 10.4. The number of nitrogens with zero attached hydrogens (tertiary/aromatic N) is 2. The van der Waals surface area contributed by atoms with Crippen molar-refractivity contribution in [3.63, 3.8) is 0 Å². The van der Waals surface area contributed by atoms with Gasteiger partial charge in [-0.1, -0.05) is 18.9 Å². The van der Waals surface area contributed by atoms with Crippen LogP contribution in [0, 0.1) is 0 Å². The monoisotopic (exact) mass is 235 g/mol. The van der Waals surface area contributed by atoms with Gasteiger partial charge in [0.15, 0.2) is 0 Å². The minimum atomic E-state index is -0.491. The predicted molar refractivity (Wildman–Crippen MR) is 68.4 cm³/mol. The molecule has 0 radical (unpaired) electrons. The third-order valence-corrected chi connectivity index (χ3v) is 3.36. The number of hydrogen-bond acceptors (Lipinski definition) is 4. The van der Waals surface area contributed by atoms with Gasteiger partial charge in [0.2, 0.25) is 0 Å². The highest BCUT2D eigenvalue weighted by Crippen LogP contribution is 2.30. The standard InChI is InChI=1S/C13H21N3O/c1-16(10-13(17)7-2-3-8-13)9-11-5-4-6-12(14)15-11/h4-6,17H,2-3,7-10H2,1H3,(H2,14,15). The lowest BCUT2D eigenvalue weighted by Crippen LogP contribution is -2.38. The molecular weight excluding hydrogens is 214 g/mol. The Balaban J connectivity index is 1.90. The smallest absolute Gasteiger partial charge is 0.123 e. The van der Waals surface area contributed by atoms with E-state index in [0.717, 1.165) is 37.9 Å². The number of anilines is 1. The number of pyridine rings is 1. The van der Waals surface area contributed by atoms with Gasteiger partial charge in [-0.2, -0.15) is 0 Å². The fourth-order valence-electron chi connectivity index (χ4n) is 2.61. The number of hydrogen-bond donors (Lipinski definition) is 2. The molecule has 3 N–H and O–H groups in total. The van der Waals surface area contributed by atoms with Crippen LogP contribution < -0.4 is 5.73 Å². The molecule has 0 saturated heterocycles. The zero-order valence-electron chi connectivity index (χ0n) is 10.4. The van der Waals surface area contributed by atoms with Crippen LogP contribution in [0.5, 0.6) is 0 Å². The van der Waals surface area contributed by atoms with E-state index in [-0.39, 0.29) is 0 Å². The molecule has 1 saturated carbocycles. The maximum absolute atomic E-state index is 10.3. The van der Waals surface area contributed by atoms with E-state index in [1.165, 1.54) is 0 Å². The normalized spacial score (nSPS) is 18.8. The third kappa shape index (κ3) is 3.41. The fraction of sp³-hybridized carbons (Fsp3) is 0.615. The van der Waals surface area contributed by atoms with Gasteiger partial charge in [0, 0.05) is 13.1 Å². The van der Waals surface area contributed by atoms with Crippen molar-refractivity contribution in [1.29, 1.82) is 0 Å². The van der Waals surface area contributed by atoms with Gasteiger partial charge in [0.25, 0.3) is 0 Å². The topological polar surface area (TPSA) is 62.4 Å². The summed E-state index contributed by atoms with van der Waals surface area (Å²) in [5.41, 5.74) is 6.11. The lowest BCUT2D eigenvalue weighted by atomic mass is 10.0. The van der Waals surface area contributed by atoms with Crippen molar-refractivity contribution in [3.8, 4) is 0 Å². The molecule has 0 spiro atoms. The quantitative estimate of drug-likeness (QED) is 0.828. The Morgan fingerprint density at radius 2 is 2.12 bits per heavy atom. The van der Waals surface area contributed by atoms with Crippen LogP contribution in [-0.2, 0) is 6.54 Å². The van der Waals surface area contributed by atoms with Gasteiger partial charge >= 0.3 is 0 Å². The Labute approximate surface area is 102 Å². The number of nitrogens with two attached hydrogens (primary N) is 1. The summed E-state index contributed by atoms with van der Waals surface area (Å²) in [5.74, 6) is 0.551. The molecule has 1 aliphatic rings. The van der Waals surface area contributed by atoms with Gasteiger partial charge in [-0.3, -0.25) is 4.90 Å². The largest absolute Gasteiger partial charge is 0.389 e. The molecule has 2 rings (SSSR count). The average Bonchev–Trinajstić information content (AvgIpc) is 2.64. The molecule has 1 aromatic rings. The molecule has 0 aromatic carbocycles. The van der Waals surface area contributed by atoms with Crippen LogP contribution in [0.1, 0.15) is 31.4 Å². The van der Waals surface area contributed by atoms with Crippen LogP contribution in [0.15, 0.2) is 18.2 Å². The molecule has 0 unspecified atom stereocenters. The molecule has 94 valence electrons. The molecule has 0 atom stereocenters. The summed E-state index contributed by atoms with van der Waals surface area (Å²) >= 11 is 0. The van der Waals surface area contributed by atoms with E-state index in [1.54, 1.807) is 6.07 Å². The van der Waals surface area contributed by atoms with Gasteiger partial charge in [0.05, 0.1) is 11.3 Å². The van der Waals surface area contributed by atoms with Crippen molar-refractivity contribution in [3.05, 3.63) is 23.9 Å². The van der Waals surface area contributed by atoms with Crippen molar-refractivity contribution in [2.24, 2.45) is 0 Å². The lowest BCUT2D eigenvalue weighted by Gasteiger charge is -2.28. The second-order valence-electron chi connectivity index (χ2n) is 5.16. The van der Waals surface area contributed by atoms with Gasteiger partial charge in [-0.15, -0.1) is 0 Å². The maximum Gasteiger partial charge on any atom is 0.123 e. The first-order valence-corrected chi connectivity index (χ1v) is 6.20. The molecule has 1 aromatic heterocycles. The summed E-state index contributed by atoms with van der Waals surface area (Å²) in [6, 6.07) is 5.66. The Morgan fingerprint density at radius 1 is 1.41 bits per heavy atom. The van der Waals surface area contributed by atoms with E-state index in [0.29, 0.717) is 12.4 Å². The average molecular weight is 235 g/mol. The first-order chi connectivity index (χ1) is 8.07. The molecule has 0 aliphatic heterocycles. The Bertz CT molecular complexity index is 375. The lowest BCUT2D eigenvalue weighted by molar-refractivity contribution is 0.0143. The van der Waals surface area contributed by atoms with Crippen LogP contribution in [0.25, 0.3) is 0 Å². The summed E-state index contributed by atoms with van der Waals surface area (Å²) in [6.07, 6.45) is 4.12.